The van der Waals surface area contributed by atoms with Gasteiger partial charge in [-0.3, -0.25) is 0 Å². The largest absolute Gasteiger partial charge is 0.441 e. The van der Waals surface area contributed by atoms with Gasteiger partial charge < -0.3 is 4.42 Å². The van der Waals surface area contributed by atoms with Gasteiger partial charge in [-0.2, -0.15) is 9.61 Å². The highest BCUT2D eigenvalue weighted by molar-refractivity contribution is 6.36. The molecule has 0 saturated heterocycles. The lowest BCUT2D eigenvalue weighted by Crippen LogP contribution is -1.91. The minimum Gasteiger partial charge on any atom is -0.441 e. The first kappa shape index (κ1) is 17.1. The Morgan fingerprint density at radius 3 is 2.67 bits per heavy atom. The Kier molecular flexibility index (Phi) is 4.75. The summed E-state index contributed by atoms with van der Waals surface area (Å²) in [4.78, 5) is 0. The van der Waals surface area contributed by atoms with E-state index in [-0.39, 0.29) is 0 Å². The van der Waals surface area contributed by atoms with Crippen molar-refractivity contribution in [3.05, 3.63) is 51.3 Å². The second-order valence-corrected chi connectivity index (χ2v) is 6.72. The molecule has 0 amide bonds. The van der Waals surface area contributed by atoms with Gasteiger partial charge in [0.25, 0.3) is 0 Å². The number of benzene rings is 1. The zero-order valence-electron chi connectivity index (χ0n) is 14.3. The molecule has 0 radical (unpaired) electrons. The summed E-state index contributed by atoms with van der Waals surface area (Å²) in [6, 6.07) is 5.47. The molecule has 0 bridgehead atoms. The van der Waals surface area contributed by atoms with Gasteiger partial charge in [-0.15, -0.1) is 0 Å². The predicted molar refractivity (Wildman–Crippen MR) is 101 cm³/mol. The van der Waals surface area contributed by atoms with Crippen molar-refractivity contribution in [3.8, 4) is 11.3 Å². The molecule has 0 aliphatic rings. The van der Waals surface area contributed by atoms with E-state index in [0.717, 1.165) is 46.8 Å². The molecule has 0 atom stereocenters. The maximum Gasteiger partial charge on any atom is 0.230 e. The van der Waals surface area contributed by atoms with Crippen LogP contribution in [0.2, 0.25) is 10.0 Å². The van der Waals surface area contributed by atoms with Crippen molar-refractivity contribution >= 4 is 34.5 Å². The highest BCUT2D eigenvalue weighted by atomic mass is 35.5. The minimum absolute atomic E-state index is 0.586. The number of hydrogen-bond donors (Lipinski definition) is 0. The van der Waals surface area contributed by atoms with Crippen molar-refractivity contribution < 1.29 is 4.42 Å². The van der Waals surface area contributed by atoms with Gasteiger partial charge in [0.2, 0.25) is 5.71 Å². The van der Waals surface area contributed by atoms with Crippen LogP contribution in [-0.2, 0) is 0 Å². The van der Waals surface area contributed by atoms with Crippen molar-refractivity contribution in [3.63, 3.8) is 0 Å². The van der Waals surface area contributed by atoms with Crippen LogP contribution >= 0.6 is 23.2 Å². The molecule has 0 unspecified atom stereocenters. The Labute approximate surface area is 151 Å². The molecule has 2 aromatic heterocycles. The molecule has 126 valence electrons. The maximum absolute atomic E-state index is 6.40. The van der Waals surface area contributed by atoms with Crippen LogP contribution in [0.25, 0.3) is 22.5 Å². The number of allylic oxidation sites excluding steroid dienone is 2. The third kappa shape index (κ3) is 2.76. The van der Waals surface area contributed by atoms with E-state index in [1.165, 1.54) is 5.57 Å². The predicted octanol–water partition coefficient (Wildman–Crippen LogP) is 6.72. The lowest BCUT2D eigenvalue weighted by atomic mass is 10.0. The Hall–Kier alpha value is -1.71. The number of oxazole rings is 1. The van der Waals surface area contributed by atoms with Gasteiger partial charge in [0, 0.05) is 10.6 Å². The van der Waals surface area contributed by atoms with E-state index in [2.05, 4.69) is 19.9 Å². The number of hydrogen-bond acceptors (Lipinski definition) is 2. The van der Waals surface area contributed by atoms with Crippen molar-refractivity contribution in [1.82, 2.24) is 9.61 Å². The number of fused-ring (bicyclic) bond motifs is 1. The van der Waals surface area contributed by atoms with Gasteiger partial charge in [-0.25, -0.2) is 0 Å². The summed E-state index contributed by atoms with van der Waals surface area (Å²) < 4.78 is 7.94. The average molecular weight is 363 g/mol. The van der Waals surface area contributed by atoms with Crippen LogP contribution in [0.4, 0.5) is 0 Å². The zero-order chi connectivity index (χ0) is 17.4. The third-order valence-corrected chi connectivity index (χ3v) is 4.74. The van der Waals surface area contributed by atoms with Crippen LogP contribution in [0.5, 0.6) is 0 Å². The number of aromatic nitrogens is 2. The SMILES string of the molecule is CC=C(CCC)c1c(C)nn2c(-c3ccc(Cl)cc3Cl)c(C)oc12. The molecule has 24 heavy (non-hydrogen) atoms. The summed E-state index contributed by atoms with van der Waals surface area (Å²) >= 11 is 12.4. The van der Waals surface area contributed by atoms with Crippen LogP contribution in [0.1, 0.15) is 43.7 Å². The van der Waals surface area contributed by atoms with Crippen molar-refractivity contribution in [2.75, 3.05) is 0 Å². The standard InChI is InChI=1S/C19H20Cl2N2O/c1-5-7-13(6-2)17-11(3)22-23-18(12(4)24-19(17)23)15-9-8-14(20)10-16(15)21/h6,8-10H,5,7H2,1-4H3. The molecular formula is C19H20Cl2N2O. The molecular weight excluding hydrogens is 343 g/mol. The Morgan fingerprint density at radius 1 is 1.29 bits per heavy atom. The minimum atomic E-state index is 0.586. The van der Waals surface area contributed by atoms with Gasteiger partial charge in [0.1, 0.15) is 11.5 Å². The van der Waals surface area contributed by atoms with Crippen molar-refractivity contribution in [2.45, 2.75) is 40.5 Å². The van der Waals surface area contributed by atoms with E-state index in [0.29, 0.717) is 10.0 Å². The maximum atomic E-state index is 6.40. The summed E-state index contributed by atoms with van der Waals surface area (Å²) in [6.45, 7) is 8.18. The fourth-order valence-corrected chi connectivity index (χ4v) is 3.63. The molecule has 5 heteroatoms. The van der Waals surface area contributed by atoms with E-state index in [9.17, 15) is 0 Å². The first-order valence-electron chi connectivity index (χ1n) is 8.07. The highest BCUT2D eigenvalue weighted by Crippen LogP contribution is 2.37. The number of halogens is 2. The van der Waals surface area contributed by atoms with Gasteiger partial charge in [0.05, 0.1) is 16.3 Å². The molecule has 1 aromatic carbocycles. The first-order chi connectivity index (χ1) is 11.5. The Morgan fingerprint density at radius 2 is 2.04 bits per heavy atom. The van der Waals surface area contributed by atoms with E-state index in [1.54, 1.807) is 6.07 Å². The summed E-state index contributed by atoms with van der Waals surface area (Å²) in [7, 11) is 0. The smallest absolute Gasteiger partial charge is 0.230 e. The van der Waals surface area contributed by atoms with Crippen molar-refractivity contribution in [1.29, 1.82) is 0 Å². The molecule has 0 aliphatic heterocycles. The zero-order valence-corrected chi connectivity index (χ0v) is 15.8. The molecule has 3 rings (SSSR count). The Balaban J connectivity index is 2.27. The second kappa shape index (κ2) is 6.66. The normalized spacial score (nSPS) is 12.3. The van der Waals surface area contributed by atoms with E-state index in [4.69, 9.17) is 32.7 Å². The third-order valence-electron chi connectivity index (χ3n) is 4.19. The van der Waals surface area contributed by atoms with Gasteiger partial charge in [0.15, 0.2) is 0 Å². The van der Waals surface area contributed by atoms with E-state index in [1.807, 2.05) is 30.5 Å². The fraction of sp³-hybridized carbons (Fsp3) is 0.316. The first-order valence-corrected chi connectivity index (χ1v) is 8.83. The fourth-order valence-electron chi connectivity index (χ4n) is 3.13. The summed E-state index contributed by atoms with van der Waals surface area (Å²) in [5.41, 5.74) is 5.80. The van der Waals surface area contributed by atoms with Crippen LogP contribution in [0.15, 0.2) is 28.7 Å². The molecule has 0 fully saturated rings. The average Bonchev–Trinajstić information content (AvgIpc) is 2.99. The van der Waals surface area contributed by atoms with Gasteiger partial charge >= 0.3 is 0 Å². The van der Waals surface area contributed by atoms with E-state index >= 15 is 0 Å². The topological polar surface area (TPSA) is 30.4 Å². The molecule has 3 nitrogen and oxygen atoms in total. The monoisotopic (exact) mass is 362 g/mol. The molecule has 0 saturated carbocycles. The van der Waals surface area contributed by atoms with Crippen molar-refractivity contribution in [2.24, 2.45) is 0 Å². The number of aryl methyl sites for hydroxylation is 2. The summed E-state index contributed by atoms with van der Waals surface area (Å²) in [6.07, 6.45) is 4.21. The second-order valence-electron chi connectivity index (χ2n) is 5.87. The van der Waals surface area contributed by atoms with Crippen LogP contribution in [-0.4, -0.2) is 9.61 Å². The molecule has 0 N–H and O–H groups in total. The number of nitrogens with zero attached hydrogens (tertiary/aromatic N) is 2. The lowest BCUT2D eigenvalue weighted by molar-refractivity contribution is 0.572. The quantitative estimate of drug-likeness (QED) is 0.515. The highest BCUT2D eigenvalue weighted by Gasteiger charge is 2.23. The summed E-state index contributed by atoms with van der Waals surface area (Å²) in [5.74, 6) is 0.787. The molecule has 0 aliphatic carbocycles. The number of rotatable bonds is 4. The van der Waals surface area contributed by atoms with Crippen LogP contribution < -0.4 is 0 Å². The van der Waals surface area contributed by atoms with Gasteiger partial charge in [-0.05, 0) is 51.0 Å². The summed E-state index contributed by atoms with van der Waals surface area (Å²) in [5, 5.41) is 5.91. The molecule has 2 heterocycles. The van der Waals surface area contributed by atoms with E-state index < -0.39 is 0 Å². The molecule has 3 aromatic rings. The lowest BCUT2D eigenvalue weighted by Gasteiger charge is -2.03. The molecule has 0 spiro atoms. The Bertz CT molecular complexity index is 935. The van der Waals surface area contributed by atoms with Crippen LogP contribution in [0.3, 0.4) is 0 Å². The van der Waals surface area contributed by atoms with Crippen LogP contribution in [0, 0.1) is 13.8 Å². The van der Waals surface area contributed by atoms with Gasteiger partial charge in [-0.1, -0.05) is 42.6 Å².